The molecule has 5 heteroatoms. The largest absolute Gasteiger partial charge is 0.392 e. The van der Waals surface area contributed by atoms with Crippen LogP contribution in [0.5, 0.6) is 0 Å². The summed E-state index contributed by atoms with van der Waals surface area (Å²) in [6.07, 6.45) is 3.80. The fourth-order valence-corrected chi connectivity index (χ4v) is 4.34. The van der Waals surface area contributed by atoms with Crippen LogP contribution in [0, 0.1) is 27.7 Å². The van der Waals surface area contributed by atoms with Crippen molar-refractivity contribution < 1.29 is 5.11 Å². The Morgan fingerprint density at radius 2 is 1.77 bits per heavy atom. The lowest BCUT2D eigenvalue weighted by Gasteiger charge is -2.37. The van der Waals surface area contributed by atoms with Gasteiger partial charge in [-0.3, -0.25) is 4.90 Å². The van der Waals surface area contributed by atoms with Gasteiger partial charge in [-0.25, -0.2) is 9.97 Å². The molecule has 0 spiro atoms. The molecule has 1 saturated heterocycles. The SMILES string of the molecule is CCCC[C@@H](O)CN1CCN(c2nc(C)nc(C)c2Cc2cc(C)ccc2C)CC1. The molecular formula is C25H38N4O. The molecule has 1 aromatic carbocycles. The van der Waals surface area contributed by atoms with E-state index in [4.69, 9.17) is 4.98 Å². The highest BCUT2D eigenvalue weighted by Gasteiger charge is 2.23. The van der Waals surface area contributed by atoms with Crippen LogP contribution in [0.15, 0.2) is 18.2 Å². The zero-order valence-corrected chi connectivity index (χ0v) is 19.4. The molecule has 0 amide bonds. The third kappa shape index (κ3) is 5.79. The highest BCUT2D eigenvalue weighted by atomic mass is 16.3. The number of piperazine rings is 1. The summed E-state index contributed by atoms with van der Waals surface area (Å²) < 4.78 is 0. The van der Waals surface area contributed by atoms with Crippen molar-refractivity contribution >= 4 is 5.82 Å². The minimum atomic E-state index is -0.208. The first-order valence-electron chi connectivity index (χ1n) is 11.4. The highest BCUT2D eigenvalue weighted by molar-refractivity contribution is 5.52. The summed E-state index contributed by atoms with van der Waals surface area (Å²) in [7, 11) is 0. The maximum absolute atomic E-state index is 10.3. The molecule has 0 bridgehead atoms. The molecule has 1 aliphatic heterocycles. The van der Waals surface area contributed by atoms with E-state index < -0.39 is 0 Å². The van der Waals surface area contributed by atoms with E-state index in [1.165, 1.54) is 22.3 Å². The lowest BCUT2D eigenvalue weighted by molar-refractivity contribution is 0.100. The number of aliphatic hydroxyl groups excluding tert-OH is 1. The van der Waals surface area contributed by atoms with Crippen molar-refractivity contribution in [2.75, 3.05) is 37.6 Å². The van der Waals surface area contributed by atoms with Crippen LogP contribution in [-0.4, -0.2) is 58.8 Å². The molecule has 1 fully saturated rings. The van der Waals surface area contributed by atoms with Gasteiger partial charge in [0, 0.05) is 50.4 Å². The molecule has 0 saturated carbocycles. The molecule has 1 aliphatic rings. The van der Waals surface area contributed by atoms with E-state index in [0.717, 1.165) is 75.7 Å². The summed E-state index contributed by atoms with van der Waals surface area (Å²) in [6, 6.07) is 6.66. The van der Waals surface area contributed by atoms with Crippen molar-refractivity contribution in [2.24, 2.45) is 0 Å². The van der Waals surface area contributed by atoms with Gasteiger partial charge in [-0.2, -0.15) is 0 Å². The van der Waals surface area contributed by atoms with Crippen molar-refractivity contribution in [3.05, 3.63) is 52.0 Å². The molecule has 1 N–H and O–H groups in total. The average Bonchev–Trinajstić information content (AvgIpc) is 2.71. The van der Waals surface area contributed by atoms with E-state index >= 15 is 0 Å². The van der Waals surface area contributed by atoms with Crippen LogP contribution in [0.3, 0.4) is 0 Å². The molecule has 0 aliphatic carbocycles. The number of unbranched alkanes of at least 4 members (excludes halogenated alkanes) is 1. The van der Waals surface area contributed by atoms with Crippen LogP contribution in [0.4, 0.5) is 5.82 Å². The van der Waals surface area contributed by atoms with Crippen LogP contribution < -0.4 is 4.90 Å². The summed E-state index contributed by atoms with van der Waals surface area (Å²) in [5.41, 5.74) is 6.28. The molecule has 1 aromatic heterocycles. The minimum absolute atomic E-state index is 0.208. The quantitative estimate of drug-likeness (QED) is 0.713. The monoisotopic (exact) mass is 410 g/mol. The third-order valence-corrected chi connectivity index (χ3v) is 6.21. The Kier molecular flexibility index (Phi) is 7.84. The van der Waals surface area contributed by atoms with E-state index in [2.05, 4.69) is 60.7 Å². The number of aromatic nitrogens is 2. The number of anilines is 1. The van der Waals surface area contributed by atoms with Crippen LogP contribution in [-0.2, 0) is 6.42 Å². The van der Waals surface area contributed by atoms with Crippen molar-refractivity contribution in [2.45, 2.75) is 66.4 Å². The van der Waals surface area contributed by atoms with E-state index in [0.29, 0.717) is 0 Å². The van der Waals surface area contributed by atoms with E-state index in [1.54, 1.807) is 0 Å². The van der Waals surface area contributed by atoms with Gasteiger partial charge in [-0.05, 0) is 45.2 Å². The van der Waals surface area contributed by atoms with Gasteiger partial charge in [-0.15, -0.1) is 0 Å². The highest BCUT2D eigenvalue weighted by Crippen LogP contribution is 2.26. The van der Waals surface area contributed by atoms with Gasteiger partial charge in [0.05, 0.1) is 6.10 Å². The normalized spacial score (nSPS) is 16.1. The Morgan fingerprint density at radius 3 is 2.47 bits per heavy atom. The Bertz CT molecular complexity index is 843. The molecule has 2 aromatic rings. The molecule has 5 nitrogen and oxygen atoms in total. The number of aryl methyl sites for hydroxylation is 4. The summed E-state index contributed by atoms with van der Waals surface area (Å²) in [4.78, 5) is 14.4. The number of hydrogen-bond acceptors (Lipinski definition) is 5. The molecule has 30 heavy (non-hydrogen) atoms. The molecule has 3 rings (SSSR count). The van der Waals surface area contributed by atoms with Crippen molar-refractivity contribution in [3.63, 3.8) is 0 Å². The number of β-amino-alcohol motifs (C(OH)–C–C–N with tert-alkyl or cyclic N) is 1. The predicted octanol–water partition coefficient (Wildman–Crippen LogP) is 3.97. The summed E-state index contributed by atoms with van der Waals surface area (Å²) >= 11 is 0. The minimum Gasteiger partial charge on any atom is -0.392 e. The van der Waals surface area contributed by atoms with E-state index in [9.17, 15) is 5.11 Å². The summed E-state index contributed by atoms with van der Waals surface area (Å²) in [5.74, 6) is 1.93. The smallest absolute Gasteiger partial charge is 0.136 e. The number of hydrogen-bond donors (Lipinski definition) is 1. The van der Waals surface area contributed by atoms with Gasteiger partial charge < -0.3 is 10.0 Å². The van der Waals surface area contributed by atoms with Gasteiger partial charge in [0.25, 0.3) is 0 Å². The van der Waals surface area contributed by atoms with Gasteiger partial charge in [-0.1, -0.05) is 43.5 Å². The van der Waals surface area contributed by atoms with E-state index in [1.807, 2.05) is 6.92 Å². The van der Waals surface area contributed by atoms with E-state index in [-0.39, 0.29) is 6.10 Å². The van der Waals surface area contributed by atoms with Gasteiger partial charge in [0.15, 0.2) is 0 Å². The second-order valence-corrected chi connectivity index (χ2v) is 8.85. The number of aliphatic hydroxyl groups is 1. The van der Waals surface area contributed by atoms with Crippen molar-refractivity contribution in [1.29, 1.82) is 0 Å². The topological polar surface area (TPSA) is 52.5 Å². The fraction of sp³-hybridized carbons (Fsp3) is 0.600. The lowest BCUT2D eigenvalue weighted by Crippen LogP contribution is -2.49. The molecule has 0 radical (unpaired) electrons. The first-order valence-corrected chi connectivity index (χ1v) is 11.4. The van der Waals surface area contributed by atoms with Crippen LogP contribution in [0.1, 0.15) is 60.0 Å². The lowest BCUT2D eigenvalue weighted by atomic mass is 9.97. The second-order valence-electron chi connectivity index (χ2n) is 8.85. The maximum Gasteiger partial charge on any atom is 0.136 e. The second kappa shape index (κ2) is 10.4. The van der Waals surface area contributed by atoms with Crippen molar-refractivity contribution in [1.82, 2.24) is 14.9 Å². The van der Waals surface area contributed by atoms with Crippen LogP contribution >= 0.6 is 0 Å². The third-order valence-electron chi connectivity index (χ3n) is 6.21. The van der Waals surface area contributed by atoms with Crippen LogP contribution in [0.2, 0.25) is 0 Å². The standard InChI is InChI=1S/C25H38N4O/c1-6-7-8-23(30)17-28-11-13-29(14-12-28)25-24(20(4)26-21(5)27-25)16-22-15-18(2)9-10-19(22)3/h9-10,15,23,30H,6-8,11-14,16-17H2,1-5H3/t23-/m1/s1. The molecular weight excluding hydrogens is 372 g/mol. The van der Waals surface area contributed by atoms with Gasteiger partial charge >= 0.3 is 0 Å². The fourth-order valence-electron chi connectivity index (χ4n) is 4.34. The summed E-state index contributed by atoms with van der Waals surface area (Å²) in [5, 5.41) is 10.3. The Morgan fingerprint density at radius 1 is 1.03 bits per heavy atom. The average molecular weight is 411 g/mol. The molecule has 164 valence electrons. The first-order chi connectivity index (χ1) is 14.4. The number of rotatable bonds is 8. The zero-order chi connectivity index (χ0) is 21.7. The maximum atomic E-state index is 10.3. The van der Waals surface area contributed by atoms with Gasteiger partial charge in [0.2, 0.25) is 0 Å². The van der Waals surface area contributed by atoms with Gasteiger partial charge in [0.1, 0.15) is 11.6 Å². The Balaban J connectivity index is 1.74. The zero-order valence-electron chi connectivity index (χ0n) is 19.4. The Hall–Kier alpha value is -1.98. The number of nitrogens with zero attached hydrogens (tertiary/aromatic N) is 4. The predicted molar refractivity (Wildman–Crippen MR) is 124 cm³/mol. The Labute approximate surface area is 182 Å². The number of benzene rings is 1. The molecule has 0 unspecified atom stereocenters. The summed E-state index contributed by atoms with van der Waals surface area (Å²) in [6.45, 7) is 15.2. The molecule has 1 atom stereocenters. The van der Waals surface area contributed by atoms with Crippen LogP contribution in [0.25, 0.3) is 0 Å². The molecule has 2 heterocycles. The first kappa shape index (κ1) is 22.7. The van der Waals surface area contributed by atoms with Crippen molar-refractivity contribution in [3.8, 4) is 0 Å².